The molecule has 2 aromatic carbocycles. The third-order valence-electron chi connectivity index (χ3n) is 2.94. The highest BCUT2D eigenvalue weighted by molar-refractivity contribution is 9.10. The van der Waals surface area contributed by atoms with E-state index in [1.54, 1.807) is 6.92 Å². The van der Waals surface area contributed by atoms with Crippen LogP contribution in [0.1, 0.15) is 24.2 Å². The van der Waals surface area contributed by atoms with Gasteiger partial charge in [-0.05, 0) is 30.7 Å². The molecular formula is C15H14BrNO4. The van der Waals surface area contributed by atoms with E-state index < -0.39 is 11.0 Å². The molecule has 0 radical (unpaired) electrons. The van der Waals surface area contributed by atoms with Gasteiger partial charge in [0.05, 0.1) is 11.0 Å². The molecule has 110 valence electrons. The maximum Gasteiger partial charge on any atom is 0.270 e. The van der Waals surface area contributed by atoms with Crippen molar-refractivity contribution in [1.29, 1.82) is 0 Å². The first-order chi connectivity index (χ1) is 9.97. The van der Waals surface area contributed by atoms with Crippen molar-refractivity contribution in [3.8, 4) is 5.75 Å². The van der Waals surface area contributed by atoms with Crippen LogP contribution in [0.3, 0.4) is 0 Å². The van der Waals surface area contributed by atoms with Gasteiger partial charge in [-0.1, -0.05) is 28.1 Å². The Labute approximate surface area is 130 Å². The normalized spacial score (nSPS) is 12.0. The largest absolute Gasteiger partial charge is 0.489 e. The first-order valence-corrected chi connectivity index (χ1v) is 7.10. The van der Waals surface area contributed by atoms with Gasteiger partial charge in [0.15, 0.2) is 0 Å². The Morgan fingerprint density at radius 2 is 2.10 bits per heavy atom. The monoisotopic (exact) mass is 351 g/mol. The molecule has 0 aliphatic rings. The van der Waals surface area contributed by atoms with E-state index >= 15 is 0 Å². The molecule has 5 nitrogen and oxygen atoms in total. The van der Waals surface area contributed by atoms with Gasteiger partial charge in [-0.25, -0.2) is 0 Å². The third-order valence-corrected chi connectivity index (χ3v) is 3.43. The molecule has 0 saturated carbocycles. The highest BCUT2D eigenvalue weighted by Gasteiger charge is 2.15. The summed E-state index contributed by atoms with van der Waals surface area (Å²) in [6.07, 6.45) is -0.845. The molecule has 0 aromatic heterocycles. The molecule has 0 unspecified atom stereocenters. The van der Waals surface area contributed by atoms with E-state index in [-0.39, 0.29) is 5.69 Å². The van der Waals surface area contributed by atoms with Gasteiger partial charge < -0.3 is 9.84 Å². The summed E-state index contributed by atoms with van der Waals surface area (Å²) < 4.78 is 6.62. The van der Waals surface area contributed by atoms with Crippen molar-refractivity contribution in [3.05, 3.63) is 68.2 Å². The minimum Gasteiger partial charge on any atom is -0.489 e. The molecule has 0 aliphatic carbocycles. The zero-order valence-electron chi connectivity index (χ0n) is 11.3. The molecule has 0 aliphatic heterocycles. The Kier molecular flexibility index (Phi) is 4.93. The molecule has 6 heteroatoms. The summed E-state index contributed by atoms with van der Waals surface area (Å²) in [7, 11) is 0. The molecule has 2 aromatic rings. The summed E-state index contributed by atoms with van der Waals surface area (Å²) in [5.74, 6) is 0.440. The fourth-order valence-electron chi connectivity index (χ4n) is 1.90. The molecule has 0 fully saturated rings. The molecule has 0 heterocycles. The van der Waals surface area contributed by atoms with Crippen LogP contribution in [0, 0.1) is 10.1 Å². The van der Waals surface area contributed by atoms with Gasteiger partial charge in [-0.2, -0.15) is 0 Å². The second-order valence-corrected chi connectivity index (χ2v) is 5.49. The van der Waals surface area contributed by atoms with Gasteiger partial charge in [0.2, 0.25) is 0 Å². The van der Waals surface area contributed by atoms with Crippen LogP contribution in [0.4, 0.5) is 5.69 Å². The van der Waals surface area contributed by atoms with Crippen molar-refractivity contribution < 1.29 is 14.8 Å². The fourth-order valence-corrected chi connectivity index (χ4v) is 2.34. The van der Waals surface area contributed by atoms with Crippen LogP contribution in [0.15, 0.2) is 46.9 Å². The lowest BCUT2D eigenvalue weighted by Gasteiger charge is -2.13. The zero-order chi connectivity index (χ0) is 15.4. The SMILES string of the molecule is C[C@@H](O)c1cc([N+](=O)[O-])ccc1OCc1cccc(Br)c1. The van der Waals surface area contributed by atoms with E-state index in [0.29, 0.717) is 17.9 Å². The zero-order valence-corrected chi connectivity index (χ0v) is 12.9. The van der Waals surface area contributed by atoms with Gasteiger partial charge in [0.25, 0.3) is 5.69 Å². The second kappa shape index (κ2) is 6.69. The summed E-state index contributed by atoms with van der Waals surface area (Å²) in [4.78, 5) is 10.3. The van der Waals surface area contributed by atoms with Crippen molar-refractivity contribution in [1.82, 2.24) is 0 Å². The van der Waals surface area contributed by atoms with E-state index in [0.717, 1.165) is 10.0 Å². The van der Waals surface area contributed by atoms with E-state index in [4.69, 9.17) is 4.74 Å². The van der Waals surface area contributed by atoms with Crippen LogP contribution in [-0.4, -0.2) is 10.0 Å². The smallest absolute Gasteiger partial charge is 0.270 e. The minimum atomic E-state index is -0.845. The number of rotatable bonds is 5. The molecule has 0 amide bonds. The standard InChI is InChI=1S/C15H14BrNO4/c1-10(18)14-8-13(17(19)20)5-6-15(14)21-9-11-3-2-4-12(16)7-11/h2-8,10,18H,9H2,1H3/t10-/m1/s1. The average molecular weight is 352 g/mol. The highest BCUT2D eigenvalue weighted by Crippen LogP contribution is 2.30. The number of hydrogen-bond acceptors (Lipinski definition) is 4. The van der Waals surface area contributed by atoms with Gasteiger partial charge in [-0.15, -0.1) is 0 Å². The summed E-state index contributed by atoms with van der Waals surface area (Å²) in [6.45, 7) is 1.86. The predicted octanol–water partition coefficient (Wildman–Crippen LogP) is 3.99. The summed E-state index contributed by atoms with van der Waals surface area (Å²) in [5.41, 5.74) is 1.29. The Hall–Kier alpha value is -1.92. The molecule has 0 saturated heterocycles. The maximum absolute atomic E-state index is 10.8. The number of hydrogen-bond donors (Lipinski definition) is 1. The average Bonchev–Trinajstić information content (AvgIpc) is 2.44. The number of nitro groups is 1. The van der Waals surface area contributed by atoms with Gasteiger partial charge >= 0.3 is 0 Å². The van der Waals surface area contributed by atoms with Crippen molar-refractivity contribution in [2.24, 2.45) is 0 Å². The van der Waals surface area contributed by atoms with Gasteiger partial charge in [-0.3, -0.25) is 10.1 Å². The Balaban J connectivity index is 2.21. The van der Waals surface area contributed by atoms with Crippen molar-refractivity contribution >= 4 is 21.6 Å². The summed E-state index contributed by atoms with van der Waals surface area (Å²) >= 11 is 3.38. The minimum absolute atomic E-state index is 0.0688. The molecule has 1 atom stereocenters. The Morgan fingerprint density at radius 3 is 2.71 bits per heavy atom. The lowest BCUT2D eigenvalue weighted by molar-refractivity contribution is -0.385. The molecule has 2 rings (SSSR count). The number of non-ortho nitro benzene ring substituents is 1. The van der Waals surface area contributed by atoms with Crippen LogP contribution < -0.4 is 4.74 Å². The van der Waals surface area contributed by atoms with E-state index in [1.807, 2.05) is 24.3 Å². The lowest BCUT2D eigenvalue weighted by atomic mass is 10.1. The van der Waals surface area contributed by atoms with Crippen molar-refractivity contribution in [2.75, 3.05) is 0 Å². The summed E-state index contributed by atoms with van der Waals surface area (Å²) in [5, 5.41) is 20.5. The highest BCUT2D eigenvalue weighted by atomic mass is 79.9. The number of aliphatic hydroxyl groups is 1. The number of benzene rings is 2. The van der Waals surface area contributed by atoms with Crippen molar-refractivity contribution in [3.63, 3.8) is 0 Å². The van der Waals surface area contributed by atoms with Crippen LogP contribution >= 0.6 is 15.9 Å². The molecule has 0 spiro atoms. The number of nitro benzene ring substituents is 1. The molecule has 0 bridgehead atoms. The maximum atomic E-state index is 10.8. The van der Waals surface area contributed by atoms with Gasteiger partial charge in [0, 0.05) is 22.2 Å². The third kappa shape index (κ3) is 4.03. The number of nitrogens with zero attached hydrogens (tertiary/aromatic N) is 1. The van der Waals surface area contributed by atoms with Crippen LogP contribution in [0.25, 0.3) is 0 Å². The van der Waals surface area contributed by atoms with Crippen LogP contribution in [0.2, 0.25) is 0 Å². The summed E-state index contributed by atoms with van der Waals surface area (Å²) in [6, 6.07) is 11.9. The Bertz CT molecular complexity index is 658. The van der Waals surface area contributed by atoms with Gasteiger partial charge in [0.1, 0.15) is 12.4 Å². The fraction of sp³-hybridized carbons (Fsp3) is 0.200. The quantitative estimate of drug-likeness (QED) is 0.652. The van der Waals surface area contributed by atoms with Crippen molar-refractivity contribution in [2.45, 2.75) is 19.6 Å². The molecule has 1 N–H and O–H groups in total. The number of ether oxygens (including phenoxy) is 1. The Morgan fingerprint density at radius 1 is 1.33 bits per heavy atom. The predicted molar refractivity (Wildman–Crippen MR) is 82.2 cm³/mol. The second-order valence-electron chi connectivity index (χ2n) is 4.57. The number of aliphatic hydroxyl groups excluding tert-OH is 1. The van der Waals surface area contributed by atoms with E-state index in [9.17, 15) is 15.2 Å². The lowest BCUT2D eigenvalue weighted by Crippen LogP contribution is -2.02. The molecule has 21 heavy (non-hydrogen) atoms. The van der Waals surface area contributed by atoms with E-state index in [1.165, 1.54) is 18.2 Å². The van der Waals surface area contributed by atoms with Crippen LogP contribution in [0.5, 0.6) is 5.75 Å². The number of halogens is 1. The first-order valence-electron chi connectivity index (χ1n) is 6.31. The van der Waals surface area contributed by atoms with Crippen LogP contribution in [-0.2, 0) is 6.61 Å². The first kappa shape index (κ1) is 15.5. The van der Waals surface area contributed by atoms with E-state index in [2.05, 4.69) is 15.9 Å². The topological polar surface area (TPSA) is 72.6 Å². The molecular weight excluding hydrogens is 338 g/mol.